The minimum Gasteiger partial charge on any atom is -0.123 e. The fourth-order valence-electron chi connectivity index (χ4n) is 1.56. The number of aryl methyl sites for hydroxylation is 2. The topological polar surface area (TPSA) is 0 Å². The van der Waals surface area contributed by atoms with Crippen LogP contribution in [0, 0.1) is 6.92 Å². The van der Waals surface area contributed by atoms with E-state index in [1.165, 1.54) is 21.2 Å². The lowest BCUT2D eigenvalue weighted by Gasteiger charge is -1.95. The second-order valence-corrected chi connectivity index (χ2v) is 4.86. The molecule has 68 valence electrons. The summed E-state index contributed by atoms with van der Waals surface area (Å²) < 4.78 is 2.25. The molecule has 2 rings (SSSR count). The third-order valence-corrected chi connectivity index (χ3v) is 3.70. The van der Waals surface area contributed by atoms with Crippen molar-refractivity contribution in [2.75, 3.05) is 0 Å². The third kappa shape index (κ3) is 1.47. The molecule has 2 aromatic rings. The zero-order valence-corrected chi connectivity index (χ0v) is 9.30. The van der Waals surface area contributed by atoms with Gasteiger partial charge in [-0.2, -0.15) is 0 Å². The monoisotopic (exact) mass is 210 g/mol. The zero-order valence-electron chi connectivity index (χ0n) is 7.73. The van der Waals surface area contributed by atoms with E-state index >= 15 is 0 Å². The number of halogens is 1. The number of thiophene rings is 1. The first kappa shape index (κ1) is 9.04. The molecule has 0 radical (unpaired) electrons. The van der Waals surface area contributed by atoms with Crippen molar-refractivity contribution in [1.29, 1.82) is 0 Å². The quantitative estimate of drug-likeness (QED) is 0.654. The van der Waals surface area contributed by atoms with Crippen molar-refractivity contribution in [3.63, 3.8) is 0 Å². The SMILES string of the molecule is CCc1c(Cl)sc2cc(C)ccc12. The van der Waals surface area contributed by atoms with E-state index in [0.717, 1.165) is 10.8 Å². The van der Waals surface area contributed by atoms with E-state index in [1.807, 2.05) is 0 Å². The van der Waals surface area contributed by atoms with Crippen LogP contribution in [-0.4, -0.2) is 0 Å². The van der Waals surface area contributed by atoms with Crippen LogP contribution in [0.2, 0.25) is 4.34 Å². The van der Waals surface area contributed by atoms with Gasteiger partial charge in [0.1, 0.15) is 0 Å². The van der Waals surface area contributed by atoms with Crippen LogP contribution in [0.25, 0.3) is 10.1 Å². The summed E-state index contributed by atoms with van der Waals surface area (Å²) in [7, 11) is 0. The second-order valence-electron chi connectivity index (χ2n) is 3.21. The Morgan fingerprint density at radius 3 is 2.85 bits per heavy atom. The Labute approximate surface area is 87.2 Å². The third-order valence-electron chi connectivity index (χ3n) is 2.25. The summed E-state index contributed by atoms with van der Waals surface area (Å²) in [6.45, 7) is 4.26. The van der Waals surface area contributed by atoms with Crippen molar-refractivity contribution in [2.45, 2.75) is 20.3 Å². The van der Waals surface area contributed by atoms with Crippen molar-refractivity contribution in [1.82, 2.24) is 0 Å². The van der Waals surface area contributed by atoms with Crippen LogP contribution in [-0.2, 0) is 6.42 Å². The summed E-state index contributed by atoms with van der Waals surface area (Å²) in [6, 6.07) is 6.52. The fourth-order valence-corrected chi connectivity index (χ4v) is 3.16. The molecule has 1 aromatic heterocycles. The maximum Gasteiger partial charge on any atom is 0.0972 e. The molecule has 0 N–H and O–H groups in total. The van der Waals surface area contributed by atoms with Gasteiger partial charge in [0.05, 0.1) is 4.34 Å². The molecule has 0 bridgehead atoms. The normalized spacial score (nSPS) is 11.0. The molecule has 13 heavy (non-hydrogen) atoms. The van der Waals surface area contributed by atoms with Crippen LogP contribution < -0.4 is 0 Å². The van der Waals surface area contributed by atoms with Gasteiger partial charge in [-0.05, 0) is 35.9 Å². The van der Waals surface area contributed by atoms with Gasteiger partial charge in [-0.15, -0.1) is 11.3 Å². The average Bonchev–Trinajstić information content (AvgIpc) is 2.39. The Morgan fingerprint density at radius 2 is 2.15 bits per heavy atom. The van der Waals surface area contributed by atoms with Crippen LogP contribution in [0.5, 0.6) is 0 Å². The molecule has 0 unspecified atom stereocenters. The minimum absolute atomic E-state index is 0.947. The molecule has 0 atom stereocenters. The van der Waals surface area contributed by atoms with Crippen LogP contribution in [0.1, 0.15) is 18.1 Å². The summed E-state index contributed by atoms with van der Waals surface area (Å²) in [5.41, 5.74) is 2.59. The van der Waals surface area contributed by atoms with Gasteiger partial charge in [-0.1, -0.05) is 30.7 Å². The van der Waals surface area contributed by atoms with Crippen molar-refractivity contribution < 1.29 is 0 Å². The minimum atomic E-state index is 0.947. The highest BCUT2D eigenvalue weighted by Gasteiger charge is 2.07. The van der Waals surface area contributed by atoms with Gasteiger partial charge in [-0.3, -0.25) is 0 Å². The predicted molar refractivity (Wildman–Crippen MR) is 61.0 cm³/mol. The molecular formula is C11H11ClS. The van der Waals surface area contributed by atoms with Crippen LogP contribution in [0.3, 0.4) is 0 Å². The van der Waals surface area contributed by atoms with Gasteiger partial charge in [-0.25, -0.2) is 0 Å². The Morgan fingerprint density at radius 1 is 1.38 bits per heavy atom. The molecule has 1 heterocycles. The van der Waals surface area contributed by atoms with Gasteiger partial charge in [0.25, 0.3) is 0 Å². The molecule has 1 aromatic carbocycles. The van der Waals surface area contributed by atoms with E-state index in [-0.39, 0.29) is 0 Å². The van der Waals surface area contributed by atoms with Gasteiger partial charge >= 0.3 is 0 Å². The largest absolute Gasteiger partial charge is 0.123 e. The van der Waals surface area contributed by atoms with E-state index in [4.69, 9.17) is 11.6 Å². The lowest BCUT2D eigenvalue weighted by atomic mass is 10.1. The molecule has 0 saturated carbocycles. The molecule has 2 heteroatoms. The highest BCUT2D eigenvalue weighted by Crippen LogP contribution is 2.35. The molecule has 0 aliphatic rings. The lowest BCUT2D eigenvalue weighted by molar-refractivity contribution is 1.17. The molecule has 0 spiro atoms. The number of rotatable bonds is 1. The predicted octanol–water partition coefficient (Wildman–Crippen LogP) is 4.43. The molecular weight excluding hydrogens is 200 g/mol. The first-order chi connectivity index (χ1) is 6.22. The smallest absolute Gasteiger partial charge is 0.0972 e. The highest BCUT2D eigenvalue weighted by molar-refractivity contribution is 7.22. The van der Waals surface area contributed by atoms with Crippen molar-refractivity contribution in [2.24, 2.45) is 0 Å². The Kier molecular flexibility index (Phi) is 2.31. The zero-order chi connectivity index (χ0) is 9.42. The molecule has 0 nitrogen and oxygen atoms in total. The summed E-state index contributed by atoms with van der Waals surface area (Å²) >= 11 is 7.82. The number of hydrogen-bond acceptors (Lipinski definition) is 1. The van der Waals surface area contributed by atoms with E-state index in [2.05, 4.69) is 32.0 Å². The second kappa shape index (κ2) is 3.32. The van der Waals surface area contributed by atoms with Gasteiger partial charge < -0.3 is 0 Å². The summed E-state index contributed by atoms with van der Waals surface area (Å²) in [4.78, 5) is 0. The van der Waals surface area contributed by atoms with Crippen molar-refractivity contribution in [3.05, 3.63) is 33.7 Å². The highest BCUT2D eigenvalue weighted by atomic mass is 35.5. The van der Waals surface area contributed by atoms with E-state index in [1.54, 1.807) is 11.3 Å². The average molecular weight is 211 g/mol. The first-order valence-electron chi connectivity index (χ1n) is 4.40. The summed E-state index contributed by atoms with van der Waals surface area (Å²) in [5.74, 6) is 0. The standard InChI is InChI=1S/C11H11ClS/c1-3-8-9-5-4-7(2)6-10(9)13-11(8)12/h4-6H,3H2,1-2H3. The summed E-state index contributed by atoms with van der Waals surface area (Å²) in [6.07, 6.45) is 1.02. The van der Waals surface area contributed by atoms with Crippen LogP contribution >= 0.6 is 22.9 Å². The Hall–Kier alpha value is -0.530. The maximum atomic E-state index is 6.14. The van der Waals surface area contributed by atoms with Gasteiger partial charge in [0.15, 0.2) is 0 Å². The molecule has 0 aliphatic heterocycles. The van der Waals surface area contributed by atoms with Gasteiger partial charge in [0.2, 0.25) is 0 Å². The number of hydrogen-bond donors (Lipinski definition) is 0. The number of fused-ring (bicyclic) bond motifs is 1. The van der Waals surface area contributed by atoms with E-state index < -0.39 is 0 Å². The van der Waals surface area contributed by atoms with Crippen LogP contribution in [0.15, 0.2) is 18.2 Å². The molecule has 0 aliphatic carbocycles. The molecule has 0 fully saturated rings. The Balaban J connectivity index is 2.79. The maximum absolute atomic E-state index is 6.14. The van der Waals surface area contributed by atoms with Crippen LogP contribution in [0.4, 0.5) is 0 Å². The molecule has 0 amide bonds. The van der Waals surface area contributed by atoms with E-state index in [9.17, 15) is 0 Å². The first-order valence-corrected chi connectivity index (χ1v) is 5.59. The van der Waals surface area contributed by atoms with Crippen molar-refractivity contribution >= 4 is 33.0 Å². The fraction of sp³-hybridized carbons (Fsp3) is 0.273. The summed E-state index contributed by atoms with van der Waals surface area (Å²) in [5, 5.41) is 1.32. The van der Waals surface area contributed by atoms with E-state index in [0.29, 0.717) is 0 Å². The van der Waals surface area contributed by atoms with Gasteiger partial charge in [0, 0.05) is 4.70 Å². The number of benzene rings is 1. The molecule has 0 saturated heterocycles. The van der Waals surface area contributed by atoms with Crippen molar-refractivity contribution in [3.8, 4) is 0 Å². The Bertz CT molecular complexity index is 443. The lowest BCUT2D eigenvalue weighted by Crippen LogP contribution is -1.77.